The molecule has 0 radical (unpaired) electrons. The minimum absolute atomic E-state index is 0.208. The number of nitrogens with zero attached hydrogens (tertiary/aromatic N) is 4. The molecule has 1 aliphatic heterocycles. The maximum absolute atomic E-state index is 12.2. The fraction of sp³-hybridized carbons (Fsp3) is 0.286. The number of piperazine rings is 1. The summed E-state index contributed by atoms with van der Waals surface area (Å²) in [6, 6.07) is 12.3. The summed E-state index contributed by atoms with van der Waals surface area (Å²) in [6.07, 6.45) is 3.42. The molecule has 1 aromatic carbocycles. The summed E-state index contributed by atoms with van der Waals surface area (Å²) in [6.45, 7) is 2.29. The first-order chi connectivity index (χ1) is 14.0. The molecule has 0 unspecified atom stereocenters. The van der Waals surface area contributed by atoms with Gasteiger partial charge in [-0.3, -0.25) is 14.5 Å². The van der Waals surface area contributed by atoms with E-state index in [2.05, 4.69) is 9.88 Å². The van der Waals surface area contributed by atoms with Crippen molar-refractivity contribution in [3.05, 3.63) is 60.4 Å². The van der Waals surface area contributed by atoms with Gasteiger partial charge in [0.25, 0.3) is 0 Å². The summed E-state index contributed by atoms with van der Waals surface area (Å²) in [7, 11) is 0. The number of carboxylic acid groups (broad SMARTS) is 2. The van der Waals surface area contributed by atoms with Gasteiger partial charge >= 0.3 is 11.9 Å². The van der Waals surface area contributed by atoms with Gasteiger partial charge in [-0.05, 0) is 18.2 Å². The van der Waals surface area contributed by atoms with E-state index in [9.17, 15) is 19.8 Å². The molecule has 0 saturated carbocycles. The Morgan fingerprint density at radius 1 is 1.00 bits per heavy atom. The van der Waals surface area contributed by atoms with Crippen molar-refractivity contribution < 1.29 is 19.8 Å². The molecule has 0 bridgehead atoms. The lowest BCUT2D eigenvalue weighted by molar-refractivity contribution is -0.143. The molecular formula is C21H22N4O4. The van der Waals surface area contributed by atoms with Crippen molar-refractivity contribution in [1.82, 2.24) is 14.5 Å². The summed E-state index contributed by atoms with van der Waals surface area (Å²) in [5.41, 5.74) is 1.35. The van der Waals surface area contributed by atoms with Gasteiger partial charge in [-0.2, -0.15) is 0 Å². The molecular weight excluding hydrogens is 372 g/mol. The second kappa shape index (κ2) is 7.92. The highest BCUT2D eigenvalue weighted by atomic mass is 16.4. The summed E-state index contributed by atoms with van der Waals surface area (Å²) in [5, 5.41) is 20.0. The van der Waals surface area contributed by atoms with Gasteiger partial charge in [0.1, 0.15) is 18.4 Å². The molecule has 8 nitrogen and oxygen atoms in total. The van der Waals surface area contributed by atoms with Crippen molar-refractivity contribution in [2.24, 2.45) is 0 Å². The molecule has 3 heterocycles. The predicted molar refractivity (Wildman–Crippen MR) is 108 cm³/mol. The number of hydrogen-bond acceptors (Lipinski definition) is 5. The Kier molecular flexibility index (Phi) is 5.18. The molecule has 0 spiro atoms. The summed E-state index contributed by atoms with van der Waals surface area (Å²) < 4.78 is 1.60. The number of para-hydroxylation sites is 1. The van der Waals surface area contributed by atoms with Gasteiger partial charge < -0.3 is 19.7 Å². The van der Waals surface area contributed by atoms with E-state index in [0.29, 0.717) is 31.7 Å². The number of fused-ring (bicyclic) bond motifs is 1. The zero-order chi connectivity index (χ0) is 20.4. The molecule has 2 aromatic heterocycles. The van der Waals surface area contributed by atoms with Crippen LogP contribution in [0.25, 0.3) is 10.9 Å². The smallest absolute Gasteiger partial charge is 0.325 e. The third kappa shape index (κ3) is 3.79. The number of benzene rings is 1. The van der Waals surface area contributed by atoms with Gasteiger partial charge in [-0.15, -0.1) is 0 Å². The lowest BCUT2D eigenvalue weighted by Crippen LogP contribution is -2.49. The third-order valence-electron chi connectivity index (χ3n) is 5.31. The van der Waals surface area contributed by atoms with Crippen LogP contribution in [0.2, 0.25) is 0 Å². The molecule has 3 aromatic rings. The number of rotatable bonds is 6. The van der Waals surface area contributed by atoms with Gasteiger partial charge in [-0.25, -0.2) is 4.98 Å². The Labute approximate surface area is 167 Å². The minimum atomic E-state index is -0.965. The number of carboxylic acids is 2. The Balaban J connectivity index is 1.62. The average molecular weight is 394 g/mol. The predicted octanol–water partition coefficient (Wildman–Crippen LogP) is 2.07. The maximum Gasteiger partial charge on any atom is 0.325 e. The highest BCUT2D eigenvalue weighted by molar-refractivity contribution is 5.90. The first-order valence-electron chi connectivity index (χ1n) is 9.47. The summed E-state index contributed by atoms with van der Waals surface area (Å²) in [5.74, 6) is -1.01. The maximum atomic E-state index is 12.2. The van der Waals surface area contributed by atoms with E-state index >= 15 is 0 Å². The van der Waals surface area contributed by atoms with Gasteiger partial charge in [0.15, 0.2) is 0 Å². The molecule has 150 valence electrons. The van der Waals surface area contributed by atoms with Crippen LogP contribution >= 0.6 is 0 Å². The average Bonchev–Trinajstić information content (AvgIpc) is 3.07. The van der Waals surface area contributed by atoms with E-state index in [1.165, 1.54) is 0 Å². The highest BCUT2D eigenvalue weighted by Crippen LogP contribution is 2.31. The molecule has 1 fully saturated rings. The fourth-order valence-electron chi connectivity index (χ4n) is 4.01. The standard InChI is InChI=1S/C21H22N4O4/c26-19(27)14-25-13-16(15-5-1-2-6-17(15)25)20(21(28)29)24-11-9-23(10-12-24)18-7-3-4-8-22-18/h1-8,13,20H,9-12,14H2,(H,26,27)(H,28,29)/t20-/m0/s1. The first-order valence-corrected chi connectivity index (χ1v) is 9.47. The van der Waals surface area contributed by atoms with Crippen LogP contribution in [0.3, 0.4) is 0 Å². The number of anilines is 1. The molecule has 0 aliphatic carbocycles. The van der Waals surface area contributed by atoms with E-state index in [-0.39, 0.29) is 6.54 Å². The quantitative estimate of drug-likeness (QED) is 0.660. The fourth-order valence-corrected chi connectivity index (χ4v) is 4.01. The van der Waals surface area contributed by atoms with Crippen molar-refractivity contribution in [3.63, 3.8) is 0 Å². The Morgan fingerprint density at radius 2 is 1.72 bits per heavy atom. The lowest BCUT2D eigenvalue weighted by atomic mass is 10.0. The molecule has 1 aliphatic rings. The number of aliphatic carboxylic acids is 2. The molecule has 4 rings (SSSR count). The number of pyridine rings is 1. The van der Waals surface area contributed by atoms with Crippen LogP contribution in [-0.4, -0.2) is 62.8 Å². The van der Waals surface area contributed by atoms with Crippen molar-refractivity contribution in [1.29, 1.82) is 0 Å². The van der Waals surface area contributed by atoms with Crippen LogP contribution in [0.5, 0.6) is 0 Å². The van der Waals surface area contributed by atoms with E-state index < -0.39 is 18.0 Å². The number of aromatic nitrogens is 2. The topological polar surface area (TPSA) is 98.9 Å². The zero-order valence-electron chi connectivity index (χ0n) is 15.8. The summed E-state index contributed by atoms with van der Waals surface area (Å²) in [4.78, 5) is 31.9. The lowest BCUT2D eigenvalue weighted by Gasteiger charge is -2.38. The Hall–Kier alpha value is -3.39. The second-order valence-corrected chi connectivity index (χ2v) is 7.07. The molecule has 8 heteroatoms. The van der Waals surface area contributed by atoms with Crippen LogP contribution in [-0.2, 0) is 16.1 Å². The Morgan fingerprint density at radius 3 is 2.38 bits per heavy atom. The van der Waals surface area contributed by atoms with Crippen molar-refractivity contribution in [2.75, 3.05) is 31.1 Å². The minimum Gasteiger partial charge on any atom is -0.480 e. The zero-order valence-corrected chi connectivity index (χ0v) is 15.8. The van der Waals surface area contributed by atoms with Crippen LogP contribution in [0.1, 0.15) is 11.6 Å². The van der Waals surface area contributed by atoms with Gasteiger partial charge in [0.2, 0.25) is 0 Å². The number of hydrogen-bond donors (Lipinski definition) is 2. The largest absolute Gasteiger partial charge is 0.480 e. The SMILES string of the molecule is O=C(O)Cn1cc([C@@H](C(=O)O)N2CCN(c3ccccn3)CC2)c2ccccc21. The second-order valence-electron chi connectivity index (χ2n) is 7.07. The Bertz CT molecular complexity index is 1030. The first kappa shape index (κ1) is 18.9. The van der Waals surface area contributed by atoms with Crippen molar-refractivity contribution in [2.45, 2.75) is 12.6 Å². The monoisotopic (exact) mass is 394 g/mol. The van der Waals surface area contributed by atoms with Crippen LogP contribution in [0.4, 0.5) is 5.82 Å². The third-order valence-corrected chi connectivity index (χ3v) is 5.31. The van der Waals surface area contributed by atoms with E-state index in [0.717, 1.165) is 16.7 Å². The van der Waals surface area contributed by atoms with E-state index in [1.807, 2.05) is 47.4 Å². The van der Waals surface area contributed by atoms with Crippen LogP contribution < -0.4 is 4.90 Å². The molecule has 2 N–H and O–H groups in total. The van der Waals surface area contributed by atoms with Gasteiger partial charge in [0.05, 0.1) is 0 Å². The van der Waals surface area contributed by atoms with Crippen LogP contribution in [0, 0.1) is 0 Å². The molecule has 29 heavy (non-hydrogen) atoms. The van der Waals surface area contributed by atoms with Crippen molar-refractivity contribution in [3.8, 4) is 0 Å². The van der Waals surface area contributed by atoms with Gasteiger partial charge in [-0.1, -0.05) is 24.3 Å². The molecule has 1 saturated heterocycles. The summed E-state index contributed by atoms with van der Waals surface area (Å²) >= 11 is 0. The normalized spacial score (nSPS) is 16.1. The number of carbonyl (C=O) groups is 2. The van der Waals surface area contributed by atoms with E-state index in [1.54, 1.807) is 17.0 Å². The van der Waals surface area contributed by atoms with Crippen LogP contribution in [0.15, 0.2) is 54.9 Å². The molecule has 1 atom stereocenters. The van der Waals surface area contributed by atoms with Gasteiger partial charge in [0, 0.05) is 55.0 Å². The van der Waals surface area contributed by atoms with Crippen molar-refractivity contribution >= 4 is 28.7 Å². The van der Waals surface area contributed by atoms with E-state index in [4.69, 9.17) is 0 Å². The highest BCUT2D eigenvalue weighted by Gasteiger charge is 2.33. The molecule has 0 amide bonds.